The number of aromatic hydroxyl groups is 1. The number of phenols is 1. The molecular formula is C26H43N3O5. The molecule has 0 aliphatic heterocycles. The number of alkyl carbamates (subject to hydrolysis) is 1. The third kappa shape index (κ3) is 9.23. The highest BCUT2D eigenvalue weighted by Gasteiger charge is 2.39. The summed E-state index contributed by atoms with van der Waals surface area (Å²) in [5.74, 6) is -1.16. The molecular weight excluding hydrogens is 434 g/mol. The van der Waals surface area contributed by atoms with Crippen LogP contribution in [0.2, 0.25) is 0 Å². The Hall–Kier alpha value is -2.77. The fourth-order valence-electron chi connectivity index (χ4n) is 3.43. The number of ether oxygens (including phenoxy) is 1. The van der Waals surface area contributed by atoms with Crippen molar-refractivity contribution in [3.8, 4) is 5.75 Å². The van der Waals surface area contributed by atoms with Gasteiger partial charge < -0.3 is 25.4 Å². The Kier molecular flexibility index (Phi) is 10.4. The van der Waals surface area contributed by atoms with Crippen molar-refractivity contribution in [2.75, 3.05) is 6.54 Å². The summed E-state index contributed by atoms with van der Waals surface area (Å²) in [6.45, 7) is 16.7. The molecule has 2 atom stereocenters. The number of para-hydroxylation sites is 1. The van der Waals surface area contributed by atoms with Gasteiger partial charge in [-0.05, 0) is 59.9 Å². The summed E-state index contributed by atoms with van der Waals surface area (Å²) in [5, 5.41) is 16.2. The highest BCUT2D eigenvalue weighted by atomic mass is 16.6. The highest BCUT2D eigenvalue weighted by molar-refractivity contribution is 5.92. The lowest BCUT2D eigenvalue weighted by molar-refractivity contribution is -0.144. The van der Waals surface area contributed by atoms with Gasteiger partial charge in [0.1, 0.15) is 23.4 Å². The zero-order valence-electron chi connectivity index (χ0n) is 22.2. The van der Waals surface area contributed by atoms with Crippen LogP contribution in [0, 0.1) is 5.92 Å². The number of hydrogen-bond acceptors (Lipinski definition) is 5. The number of benzene rings is 1. The minimum absolute atomic E-state index is 0.0768. The lowest BCUT2D eigenvalue weighted by atomic mass is 9.97. The second-order valence-corrected chi connectivity index (χ2v) is 11.0. The summed E-state index contributed by atoms with van der Waals surface area (Å²) in [5.41, 5.74) is -0.944. The van der Waals surface area contributed by atoms with Crippen LogP contribution in [0.4, 0.5) is 4.79 Å². The van der Waals surface area contributed by atoms with Gasteiger partial charge in [0.15, 0.2) is 0 Å². The number of carbonyl (C=O) groups excluding carboxylic acids is 3. The van der Waals surface area contributed by atoms with Crippen molar-refractivity contribution >= 4 is 17.9 Å². The quantitative estimate of drug-likeness (QED) is 0.484. The monoisotopic (exact) mass is 477 g/mol. The molecule has 8 nitrogen and oxygen atoms in total. The van der Waals surface area contributed by atoms with E-state index in [0.29, 0.717) is 12.0 Å². The highest BCUT2D eigenvalue weighted by Crippen LogP contribution is 2.31. The summed E-state index contributed by atoms with van der Waals surface area (Å²) < 4.78 is 5.37. The molecule has 0 heterocycles. The summed E-state index contributed by atoms with van der Waals surface area (Å²) in [4.78, 5) is 41.3. The van der Waals surface area contributed by atoms with Crippen molar-refractivity contribution in [2.24, 2.45) is 5.92 Å². The average molecular weight is 478 g/mol. The normalized spacial score (nSPS) is 13.7. The molecule has 192 valence electrons. The van der Waals surface area contributed by atoms with Crippen LogP contribution in [0.1, 0.15) is 86.8 Å². The number of carbonyl (C=O) groups is 3. The van der Waals surface area contributed by atoms with Crippen LogP contribution < -0.4 is 10.6 Å². The summed E-state index contributed by atoms with van der Waals surface area (Å²) in [7, 11) is 0. The number of amides is 3. The van der Waals surface area contributed by atoms with Crippen LogP contribution in [0.3, 0.4) is 0 Å². The summed E-state index contributed by atoms with van der Waals surface area (Å²) >= 11 is 0. The number of phenolic OH excluding ortho intramolecular Hbond substituents is 1. The van der Waals surface area contributed by atoms with Gasteiger partial charge in [-0.3, -0.25) is 9.59 Å². The van der Waals surface area contributed by atoms with Gasteiger partial charge in [-0.25, -0.2) is 4.79 Å². The van der Waals surface area contributed by atoms with Crippen molar-refractivity contribution in [1.29, 1.82) is 0 Å². The van der Waals surface area contributed by atoms with Gasteiger partial charge in [-0.15, -0.1) is 0 Å². The zero-order valence-corrected chi connectivity index (χ0v) is 22.2. The van der Waals surface area contributed by atoms with Gasteiger partial charge in [0.25, 0.3) is 0 Å². The van der Waals surface area contributed by atoms with E-state index in [1.807, 2.05) is 41.5 Å². The Morgan fingerprint density at radius 3 is 2.12 bits per heavy atom. The van der Waals surface area contributed by atoms with E-state index in [0.717, 1.165) is 6.42 Å². The second kappa shape index (κ2) is 12.1. The largest absolute Gasteiger partial charge is 0.508 e. The van der Waals surface area contributed by atoms with Gasteiger partial charge in [-0.2, -0.15) is 0 Å². The molecule has 0 bridgehead atoms. The van der Waals surface area contributed by atoms with Crippen LogP contribution in [0.25, 0.3) is 0 Å². The smallest absolute Gasteiger partial charge is 0.408 e. The van der Waals surface area contributed by atoms with Gasteiger partial charge in [-0.1, -0.05) is 45.4 Å². The molecule has 1 aromatic rings. The fraction of sp³-hybridized carbons (Fsp3) is 0.654. The molecule has 0 aliphatic carbocycles. The predicted molar refractivity (Wildman–Crippen MR) is 133 cm³/mol. The Bertz CT molecular complexity index is 840. The average Bonchev–Trinajstić information content (AvgIpc) is 2.66. The predicted octanol–water partition coefficient (Wildman–Crippen LogP) is 4.53. The number of rotatable bonds is 9. The molecule has 2 unspecified atom stereocenters. The second-order valence-electron chi connectivity index (χ2n) is 11.0. The number of nitrogens with one attached hydrogen (secondary N) is 2. The van der Waals surface area contributed by atoms with E-state index in [1.54, 1.807) is 39.0 Å². The first-order valence-electron chi connectivity index (χ1n) is 12.0. The van der Waals surface area contributed by atoms with E-state index in [1.165, 1.54) is 11.0 Å². The summed E-state index contributed by atoms with van der Waals surface area (Å²) in [6.07, 6.45) is 0.744. The van der Waals surface area contributed by atoms with Crippen LogP contribution >= 0.6 is 0 Å². The lowest BCUT2D eigenvalue weighted by Gasteiger charge is -2.37. The Morgan fingerprint density at radius 1 is 1.06 bits per heavy atom. The van der Waals surface area contributed by atoms with Crippen molar-refractivity contribution < 1.29 is 24.2 Å². The van der Waals surface area contributed by atoms with E-state index in [4.69, 9.17) is 4.74 Å². The molecule has 0 saturated heterocycles. The molecule has 1 aromatic carbocycles. The van der Waals surface area contributed by atoms with Crippen LogP contribution in [0.5, 0.6) is 5.75 Å². The van der Waals surface area contributed by atoms with Crippen molar-refractivity contribution in [3.05, 3.63) is 29.8 Å². The standard InChI is InChI=1S/C26H43N3O5/c1-10-11-16-29(23(32)20(17(2)3)27-24(33)34-26(7,8)9)21(22(31)28-25(4,5)6)18-14-12-13-15-19(18)30/h12-15,17,20-21,30H,10-11,16H2,1-9H3,(H,27,33)(H,28,31). The maximum Gasteiger partial charge on any atom is 0.408 e. The first-order valence-corrected chi connectivity index (χ1v) is 12.0. The van der Waals surface area contributed by atoms with E-state index in [-0.39, 0.29) is 18.2 Å². The minimum atomic E-state index is -1.07. The summed E-state index contributed by atoms with van der Waals surface area (Å²) in [6, 6.07) is 4.53. The first-order chi connectivity index (χ1) is 15.6. The molecule has 0 spiro atoms. The first kappa shape index (κ1) is 29.3. The van der Waals surface area contributed by atoms with Crippen LogP contribution in [-0.2, 0) is 14.3 Å². The molecule has 0 aromatic heterocycles. The molecule has 3 amide bonds. The molecule has 8 heteroatoms. The minimum Gasteiger partial charge on any atom is -0.508 e. The third-order valence-corrected chi connectivity index (χ3v) is 4.93. The van der Waals surface area contributed by atoms with Gasteiger partial charge in [0.05, 0.1) is 0 Å². The van der Waals surface area contributed by atoms with E-state index >= 15 is 0 Å². The molecule has 0 aliphatic rings. The number of unbranched alkanes of at least 4 members (excludes halogenated alkanes) is 1. The van der Waals surface area contributed by atoms with E-state index in [2.05, 4.69) is 10.6 Å². The molecule has 0 saturated carbocycles. The Labute approximate surface area is 204 Å². The van der Waals surface area contributed by atoms with Gasteiger partial charge in [0, 0.05) is 17.6 Å². The zero-order chi connectivity index (χ0) is 26.3. The number of nitrogens with zero attached hydrogens (tertiary/aromatic N) is 1. The number of hydrogen-bond donors (Lipinski definition) is 3. The van der Waals surface area contributed by atoms with Crippen LogP contribution in [-0.4, -0.2) is 51.6 Å². The maximum absolute atomic E-state index is 13.9. The van der Waals surface area contributed by atoms with E-state index < -0.39 is 41.1 Å². The molecule has 1 rings (SSSR count). The van der Waals surface area contributed by atoms with Crippen molar-refractivity contribution in [2.45, 2.75) is 98.4 Å². The van der Waals surface area contributed by atoms with Crippen molar-refractivity contribution in [1.82, 2.24) is 15.5 Å². The maximum atomic E-state index is 13.9. The van der Waals surface area contributed by atoms with Gasteiger partial charge >= 0.3 is 6.09 Å². The van der Waals surface area contributed by atoms with Crippen molar-refractivity contribution in [3.63, 3.8) is 0 Å². The Balaban J connectivity index is 3.49. The van der Waals surface area contributed by atoms with E-state index in [9.17, 15) is 19.5 Å². The Morgan fingerprint density at radius 2 is 1.65 bits per heavy atom. The van der Waals surface area contributed by atoms with Crippen LogP contribution in [0.15, 0.2) is 24.3 Å². The lowest BCUT2D eigenvalue weighted by Crippen LogP contribution is -2.56. The SMILES string of the molecule is CCCCN(C(=O)C(NC(=O)OC(C)(C)C)C(C)C)C(C(=O)NC(C)(C)C)c1ccccc1O. The molecule has 34 heavy (non-hydrogen) atoms. The molecule has 3 N–H and O–H groups in total. The molecule has 0 radical (unpaired) electrons. The topological polar surface area (TPSA) is 108 Å². The van der Waals surface area contributed by atoms with Gasteiger partial charge in [0.2, 0.25) is 11.8 Å². The third-order valence-electron chi connectivity index (χ3n) is 4.93. The fourth-order valence-corrected chi connectivity index (χ4v) is 3.43. The molecule has 0 fully saturated rings.